The molecule has 0 saturated heterocycles. The van der Waals surface area contributed by atoms with Crippen molar-refractivity contribution in [1.29, 1.82) is 0 Å². The molecule has 0 fully saturated rings. The first-order chi connectivity index (χ1) is 8.09. The molecule has 0 aliphatic carbocycles. The van der Waals surface area contributed by atoms with E-state index in [-0.39, 0.29) is 11.6 Å². The van der Waals surface area contributed by atoms with Gasteiger partial charge in [0.25, 0.3) is 5.91 Å². The third-order valence-corrected chi connectivity index (χ3v) is 2.51. The Labute approximate surface area is 99.5 Å². The smallest absolute Gasteiger partial charge is 0.280 e. The van der Waals surface area contributed by atoms with Gasteiger partial charge < -0.3 is 10.6 Å². The summed E-state index contributed by atoms with van der Waals surface area (Å²) in [6.45, 7) is 0. The second-order valence-corrected chi connectivity index (χ2v) is 3.81. The molecule has 0 bridgehead atoms. The zero-order chi connectivity index (χ0) is 12.4. The van der Waals surface area contributed by atoms with Crippen molar-refractivity contribution < 1.29 is 4.79 Å². The van der Waals surface area contributed by atoms with Gasteiger partial charge in [-0.3, -0.25) is 9.48 Å². The Morgan fingerprint density at radius 1 is 1.35 bits per heavy atom. The number of nitrogens with zero attached hydrogens (tertiary/aromatic N) is 3. The SMILES string of the molecule is CN(C(=O)c1nn(C)cc1N)c1ccccc1. The van der Waals surface area contributed by atoms with E-state index in [0.717, 1.165) is 5.69 Å². The van der Waals surface area contributed by atoms with Crippen molar-refractivity contribution in [3.63, 3.8) is 0 Å². The minimum absolute atomic E-state index is 0.214. The van der Waals surface area contributed by atoms with E-state index in [2.05, 4.69) is 5.10 Å². The molecule has 1 heterocycles. The number of para-hydroxylation sites is 1. The van der Waals surface area contributed by atoms with E-state index < -0.39 is 0 Å². The second-order valence-electron chi connectivity index (χ2n) is 3.81. The summed E-state index contributed by atoms with van der Waals surface area (Å²) in [5, 5.41) is 4.06. The largest absolute Gasteiger partial charge is 0.396 e. The zero-order valence-electron chi connectivity index (χ0n) is 9.79. The molecule has 0 saturated carbocycles. The standard InChI is InChI=1S/C12H14N4O/c1-15-8-10(13)11(14-15)12(17)16(2)9-6-4-3-5-7-9/h3-8H,13H2,1-2H3. The van der Waals surface area contributed by atoms with E-state index in [1.165, 1.54) is 9.58 Å². The summed E-state index contributed by atoms with van der Waals surface area (Å²) in [7, 11) is 3.43. The van der Waals surface area contributed by atoms with Gasteiger partial charge in [-0.1, -0.05) is 18.2 Å². The fraction of sp³-hybridized carbons (Fsp3) is 0.167. The van der Waals surface area contributed by atoms with E-state index >= 15 is 0 Å². The Hall–Kier alpha value is -2.30. The highest BCUT2D eigenvalue weighted by Crippen LogP contribution is 2.16. The third-order valence-electron chi connectivity index (χ3n) is 2.51. The van der Waals surface area contributed by atoms with Gasteiger partial charge in [0.2, 0.25) is 0 Å². The number of anilines is 2. The molecule has 0 aliphatic heterocycles. The highest BCUT2D eigenvalue weighted by Gasteiger charge is 2.19. The van der Waals surface area contributed by atoms with Crippen LogP contribution in [0.1, 0.15) is 10.5 Å². The monoisotopic (exact) mass is 230 g/mol. The van der Waals surface area contributed by atoms with Gasteiger partial charge >= 0.3 is 0 Å². The van der Waals surface area contributed by atoms with E-state index in [0.29, 0.717) is 5.69 Å². The van der Waals surface area contributed by atoms with Crippen molar-refractivity contribution in [2.45, 2.75) is 0 Å². The molecule has 5 heteroatoms. The lowest BCUT2D eigenvalue weighted by Gasteiger charge is -2.15. The van der Waals surface area contributed by atoms with Crippen molar-refractivity contribution in [3.05, 3.63) is 42.2 Å². The molecule has 2 N–H and O–H groups in total. The van der Waals surface area contributed by atoms with Crippen LogP contribution in [0.4, 0.5) is 11.4 Å². The van der Waals surface area contributed by atoms with Crippen LogP contribution in [0.15, 0.2) is 36.5 Å². The first-order valence-corrected chi connectivity index (χ1v) is 5.22. The lowest BCUT2D eigenvalue weighted by atomic mass is 10.2. The molecule has 0 atom stereocenters. The first-order valence-electron chi connectivity index (χ1n) is 5.22. The maximum atomic E-state index is 12.1. The van der Waals surface area contributed by atoms with E-state index in [4.69, 9.17) is 5.73 Å². The normalized spacial score (nSPS) is 10.2. The average Bonchev–Trinajstić information content (AvgIpc) is 2.68. The summed E-state index contributed by atoms with van der Waals surface area (Å²) in [6, 6.07) is 9.37. The molecule has 2 aromatic rings. The predicted molar refractivity (Wildman–Crippen MR) is 66.8 cm³/mol. The minimum Gasteiger partial charge on any atom is -0.396 e. The maximum Gasteiger partial charge on any atom is 0.280 e. The number of benzene rings is 1. The number of nitrogens with two attached hydrogens (primary N) is 1. The summed E-state index contributed by atoms with van der Waals surface area (Å²) in [5.74, 6) is -0.214. The van der Waals surface area contributed by atoms with Gasteiger partial charge in [0.05, 0.1) is 5.69 Å². The molecule has 88 valence electrons. The van der Waals surface area contributed by atoms with Crippen LogP contribution in [0.25, 0.3) is 0 Å². The predicted octanol–water partition coefficient (Wildman–Crippen LogP) is 1.28. The summed E-state index contributed by atoms with van der Waals surface area (Å²) >= 11 is 0. The Bertz CT molecular complexity index is 533. The van der Waals surface area contributed by atoms with Crippen LogP contribution < -0.4 is 10.6 Å². The minimum atomic E-state index is -0.214. The quantitative estimate of drug-likeness (QED) is 0.845. The van der Waals surface area contributed by atoms with Crippen LogP contribution in [0.5, 0.6) is 0 Å². The summed E-state index contributed by atoms with van der Waals surface area (Å²) in [6.07, 6.45) is 1.62. The molecular formula is C12H14N4O. The maximum absolute atomic E-state index is 12.1. The number of carbonyl (C=O) groups excluding carboxylic acids is 1. The Balaban J connectivity index is 2.30. The van der Waals surface area contributed by atoms with Crippen molar-refractivity contribution in [1.82, 2.24) is 9.78 Å². The summed E-state index contributed by atoms with van der Waals surface area (Å²) < 4.78 is 1.53. The van der Waals surface area contributed by atoms with Crippen molar-refractivity contribution in [2.24, 2.45) is 7.05 Å². The summed E-state index contributed by atoms with van der Waals surface area (Å²) in [4.78, 5) is 13.7. The number of hydrogen-bond donors (Lipinski definition) is 1. The number of rotatable bonds is 2. The topological polar surface area (TPSA) is 64.2 Å². The molecule has 1 amide bonds. The molecule has 17 heavy (non-hydrogen) atoms. The van der Waals surface area contributed by atoms with Gasteiger partial charge in [-0.2, -0.15) is 5.10 Å². The fourth-order valence-corrected chi connectivity index (χ4v) is 1.60. The van der Waals surface area contributed by atoms with E-state index in [1.54, 1.807) is 20.3 Å². The first kappa shape index (κ1) is 11.2. The van der Waals surface area contributed by atoms with Gasteiger partial charge in [-0.05, 0) is 12.1 Å². The van der Waals surface area contributed by atoms with Gasteiger partial charge in [-0.25, -0.2) is 0 Å². The molecule has 0 unspecified atom stereocenters. The Morgan fingerprint density at radius 3 is 2.53 bits per heavy atom. The van der Waals surface area contributed by atoms with Crippen LogP contribution in [0.2, 0.25) is 0 Å². The van der Waals surface area contributed by atoms with Crippen LogP contribution >= 0.6 is 0 Å². The van der Waals surface area contributed by atoms with Crippen LogP contribution in [-0.4, -0.2) is 22.7 Å². The van der Waals surface area contributed by atoms with Gasteiger partial charge in [0, 0.05) is 26.0 Å². The molecular weight excluding hydrogens is 216 g/mol. The van der Waals surface area contributed by atoms with Crippen LogP contribution in [0.3, 0.4) is 0 Å². The number of amides is 1. The Kier molecular flexibility index (Phi) is 2.82. The second kappa shape index (κ2) is 4.29. The molecule has 1 aromatic heterocycles. The number of hydrogen-bond acceptors (Lipinski definition) is 3. The van der Waals surface area contributed by atoms with Crippen LogP contribution in [0, 0.1) is 0 Å². The molecule has 0 aliphatic rings. The van der Waals surface area contributed by atoms with Crippen molar-refractivity contribution in [3.8, 4) is 0 Å². The molecule has 0 spiro atoms. The molecule has 0 radical (unpaired) electrons. The lowest BCUT2D eigenvalue weighted by molar-refractivity contribution is 0.0988. The average molecular weight is 230 g/mol. The van der Waals surface area contributed by atoms with E-state index in [9.17, 15) is 4.79 Å². The molecule has 5 nitrogen and oxygen atoms in total. The highest BCUT2D eigenvalue weighted by atomic mass is 16.2. The molecule has 2 rings (SSSR count). The summed E-state index contributed by atoms with van der Waals surface area (Å²) in [5.41, 5.74) is 7.20. The Morgan fingerprint density at radius 2 is 2.00 bits per heavy atom. The fourth-order valence-electron chi connectivity index (χ4n) is 1.60. The number of aromatic nitrogens is 2. The zero-order valence-corrected chi connectivity index (χ0v) is 9.79. The van der Waals surface area contributed by atoms with Crippen molar-refractivity contribution in [2.75, 3.05) is 17.7 Å². The van der Waals surface area contributed by atoms with Gasteiger partial charge in [0.15, 0.2) is 5.69 Å². The number of nitrogen functional groups attached to an aromatic ring is 1. The van der Waals surface area contributed by atoms with E-state index in [1.807, 2.05) is 30.3 Å². The highest BCUT2D eigenvalue weighted by molar-refractivity contribution is 6.07. The molecule has 1 aromatic carbocycles. The van der Waals surface area contributed by atoms with Gasteiger partial charge in [-0.15, -0.1) is 0 Å². The lowest BCUT2D eigenvalue weighted by Crippen LogP contribution is -2.27. The number of carbonyl (C=O) groups is 1. The third kappa shape index (κ3) is 2.13. The van der Waals surface area contributed by atoms with Gasteiger partial charge in [0.1, 0.15) is 0 Å². The van der Waals surface area contributed by atoms with Crippen LogP contribution in [-0.2, 0) is 7.05 Å². The number of aryl methyl sites for hydroxylation is 1. The van der Waals surface area contributed by atoms with Crippen molar-refractivity contribution >= 4 is 17.3 Å².